The average Bonchev–Trinajstić information content (AvgIpc) is 2.73. The second-order valence-corrected chi connectivity index (χ2v) is 5.37. The molecule has 0 aliphatic carbocycles. The fourth-order valence-corrected chi connectivity index (χ4v) is 3.30. The van der Waals surface area contributed by atoms with Crippen molar-refractivity contribution in [2.75, 3.05) is 13.1 Å². The molecule has 0 spiro atoms. The normalized spacial score (nSPS) is 21.6. The van der Waals surface area contributed by atoms with E-state index in [2.05, 4.69) is 22.6 Å². The zero-order valence-corrected chi connectivity index (χ0v) is 10.4. The van der Waals surface area contributed by atoms with Gasteiger partial charge >= 0.3 is 0 Å². The van der Waals surface area contributed by atoms with Gasteiger partial charge in [0.05, 0.1) is 6.10 Å². The van der Waals surface area contributed by atoms with Crippen molar-refractivity contribution in [3.63, 3.8) is 0 Å². The second-order valence-electron chi connectivity index (χ2n) is 3.29. The zero-order valence-electron chi connectivity index (χ0n) is 7.44. The van der Waals surface area contributed by atoms with Crippen molar-refractivity contribution in [1.29, 1.82) is 0 Å². The minimum Gasteiger partial charge on any atom is -0.391 e. The number of likely N-dealkylation sites (tertiary alicyclic amines) is 1. The van der Waals surface area contributed by atoms with Gasteiger partial charge in [0.15, 0.2) is 0 Å². The number of aliphatic hydroxyl groups is 1. The Balaban J connectivity index is 2.13. The summed E-state index contributed by atoms with van der Waals surface area (Å²) in [5, 5.41) is 11.2. The average molecular weight is 323 g/mol. The second kappa shape index (κ2) is 4.16. The third-order valence-corrected chi connectivity index (χ3v) is 4.43. The summed E-state index contributed by atoms with van der Waals surface area (Å²) in [6, 6.07) is 1.94. The lowest BCUT2D eigenvalue weighted by Gasteiger charge is -2.14. The van der Waals surface area contributed by atoms with Gasteiger partial charge in [0.1, 0.15) is 4.88 Å². The molecule has 76 valence electrons. The van der Waals surface area contributed by atoms with Crippen molar-refractivity contribution in [1.82, 2.24) is 4.90 Å². The molecule has 1 aliphatic rings. The molecule has 1 aromatic rings. The lowest BCUT2D eigenvalue weighted by molar-refractivity contribution is 0.0769. The molecule has 14 heavy (non-hydrogen) atoms. The molecule has 0 saturated carbocycles. The fourth-order valence-electron chi connectivity index (χ4n) is 1.52. The first-order valence-corrected chi connectivity index (χ1v) is 6.34. The van der Waals surface area contributed by atoms with Crippen LogP contribution in [0.1, 0.15) is 16.1 Å². The maximum Gasteiger partial charge on any atom is 0.265 e. The summed E-state index contributed by atoms with van der Waals surface area (Å²) in [6.07, 6.45) is 0.366. The van der Waals surface area contributed by atoms with Crippen molar-refractivity contribution < 1.29 is 9.90 Å². The van der Waals surface area contributed by atoms with E-state index in [1.807, 2.05) is 11.4 Å². The van der Waals surface area contributed by atoms with Crippen molar-refractivity contribution in [2.45, 2.75) is 12.5 Å². The number of carbonyl (C=O) groups excluding carboxylic acids is 1. The van der Waals surface area contributed by atoms with Gasteiger partial charge in [-0.05, 0) is 40.5 Å². The van der Waals surface area contributed by atoms with Gasteiger partial charge in [0.2, 0.25) is 0 Å². The molecule has 2 heterocycles. The van der Waals surface area contributed by atoms with Gasteiger partial charge in [-0.15, -0.1) is 11.3 Å². The van der Waals surface area contributed by atoms with Crippen molar-refractivity contribution in [2.24, 2.45) is 0 Å². The molecule has 0 aromatic carbocycles. The summed E-state index contributed by atoms with van der Waals surface area (Å²) < 4.78 is 0.999. The summed E-state index contributed by atoms with van der Waals surface area (Å²) in [5.41, 5.74) is 0. The maximum atomic E-state index is 11.9. The first-order chi connectivity index (χ1) is 6.68. The van der Waals surface area contributed by atoms with E-state index in [1.54, 1.807) is 4.90 Å². The molecular weight excluding hydrogens is 313 g/mol. The van der Waals surface area contributed by atoms with Crippen LogP contribution >= 0.6 is 33.9 Å². The molecule has 2 rings (SSSR count). The molecular formula is C9H10INO2S. The van der Waals surface area contributed by atoms with Crippen LogP contribution in [0.4, 0.5) is 0 Å². The highest BCUT2D eigenvalue weighted by Crippen LogP contribution is 2.22. The number of halogens is 1. The molecule has 1 saturated heterocycles. The highest BCUT2D eigenvalue weighted by atomic mass is 127. The Morgan fingerprint density at radius 1 is 1.71 bits per heavy atom. The van der Waals surface area contributed by atoms with Crippen LogP contribution in [0.25, 0.3) is 0 Å². The Hall–Kier alpha value is -0.140. The number of rotatable bonds is 1. The van der Waals surface area contributed by atoms with E-state index in [4.69, 9.17) is 0 Å². The standard InChI is InChI=1S/C9H10INO2S/c10-7-2-4-14-8(7)9(13)11-3-1-6(12)5-11/h2,4,6,12H,1,3,5H2. The number of β-amino-alcohol motifs (C(OH)–C–C–N with tert-alkyl or cyclic N) is 1. The van der Waals surface area contributed by atoms with Crippen molar-refractivity contribution in [3.05, 3.63) is 19.9 Å². The molecule has 0 radical (unpaired) electrons. The van der Waals surface area contributed by atoms with Crippen LogP contribution in [-0.4, -0.2) is 35.1 Å². The van der Waals surface area contributed by atoms with Crippen molar-refractivity contribution in [3.8, 4) is 0 Å². The van der Waals surface area contributed by atoms with Crippen LogP contribution in [0.5, 0.6) is 0 Å². The summed E-state index contributed by atoms with van der Waals surface area (Å²) in [6.45, 7) is 1.15. The van der Waals surface area contributed by atoms with E-state index in [1.165, 1.54) is 11.3 Å². The van der Waals surface area contributed by atoms with Crippen LogP contribution in [0.2, 0.25) is 0 Å². The summed E-state index contributed by atoms with van der Waals surface area (Å²) in [5.74, 6) is 0.0564. The van der Waals surface area contributed by atoms with Crippen LogP contribution < -0.4 is 0 Å². The largest absolute Gasteiger partial charge is 0.391 e. The number of thiophene rings is 1. The molecule has 1 unspecified atom stereocenters. The molecule has 1 N–H and O–H groups in total. The molecule has 1 fully saturated rings. The Labute approximate surface area is 99.9 Å². The lowest BCUT2D eigenvalue weighted by atomic mass is 10.3. The van der Waals surface area contributed by atoms with E-state index in [-0.39, 0.29) is 12.0 Å². The third-order valence-electron chi connectivity index (χ3n) is 2.26. The zero-order chi connectivity index (χ0) is 10.1. The maximum absolute atomic E-state index is 11.9. The third kappa shape index (κ3) is 1.94. The molecule has 5 heteroatoms. The first-order valence-electron chi connectivity index (χ1n) is 4.39. The van der Waals surface area contributed by atoms with Crippen LogP contribution in [0.15, 0.2) is 11.4 Å². The predicted octanol–water partition coefficient (Wildman–Crippen LogP) is 1.56. The van der Waals surface area contributed by atoms with E-state index >= 15 is 0 Å². The summed E-state index contributed by atoms with van der Waals surface area (Å²) >= 11 is 3.63. The van der Waals surface area contributed by atoms with Gasteiger partial charge < -0.3 is 10.0 Å². The lowest BCUT2D eigenvalue weighted by Crippen LogP contribution is -2.29. The Morgan fingerprint density at radius 2 is 2.50 bits per heavy atom. The minimum absolute atomic E-state index is 0.0564. The van der Waals surface area contributed by atoms with Gasteiger partial charge in [-0.1, -0.05) is 0 Å². The Bertz CT molecular complexity index is 352. The number of hydrogen-bond donors (Lipinski definition) is 1. The van der Waals surface area contributed by atoms with Gasteiger partial charge in [-0.25, -0.2) is 0 Å². The molecule has 0 bridgehead atoms. The fraction of sp³-hybridized carbons (Fsp3) is 0.444. The highest BCUT2D eigenvalue weighted by Gasteiger charge is 2.26. The highest BCUT2D eigenvalue weighted by molar-refractivity contribution is 14.1. The number of amides is 1. The Kier molecular flexibility index (Phi) is 3.08. The smallest absolute Gasteiger partial charge is 0.265 e. The quantitative estimate of drug-likeness (QED) is 0.797. The number of aliphatic hydroxyl groups excluding tert-OH is 1. The van der Waals surface area contributed by atoms with Gasteiger partial charge in [-0.2, -0.15) is 0 Å². The predicted molar refractivity (Wildman–Crippen MR) is 63.6 cm³/mol. The SMILES string of the molecule is O=C(c1sccc1I)N1CCC(O)C1. The van der Waals surface area contributed by atoms with Crippen molar-refractivity contribution >= 4 is 39.8 Å². The van der Waals surface area contributed by atoms with Gasteiger partial charge in [0, 0.05) is 16.7 Å². The number of hydrogen-bond acceptors (Lipinski definition) is 3. The first kappa shape index (κ1) is 10.4. The summed E-state index contributed by atoms with van der Waals surface area (Å²) in [4.78, 5) is 14.4. The number of carbonyl (C=O) groups is 1. The number of nitrogens with zero attached hydrogens (tertiary/aromatic N) is 1. The Morgan fingerprint density at radius 3 is 3.00 bits per heavy atom. The minimum atomic E-state index is -0.337. The molecule has 1 aromatic heterocycles. The monoisotopic (exact) mass is 323 g/mol. The van der Waals surface area contributed by atoms with Crippen LogP contribution in [0.3, 0.4) is 0 Å². The molecule has 3 nitrogen and oxygen atoms in total. The topological polar surface area (TPSA) is 40.5 Å². The molecule has 1 atom stereocenters. The van der Waals surface area contributed by atoms with Gasteiger partial charge in [-0.3, -0.25) is 4.79 Å². The van der Waals surface area contributed by atoms with E-state index in [9.17, 15) is 9.90 Å². The molecule has 1 amide bonds. The summed E-state index contributed by atoms with van der Waals surface area (Å²) in [7, 11) is 0. The van der Waals surface area contributed by atoms with Gasteiger partial charge in [0.25, 0.3) is 5.91 Å². The van der Waals surface area contributed by atoms with Crippen LogP contribution in [-0.2, 0) is 0 Å². The van der Waals surface area contributed by atoms with E-state index < -0.39 is 0 Å². The van der Waals surface area contributed by atoms with E-state index in [0.29, 0.717) is 19.5 Å². The van der Waals surface area contributed by atoms with E-state index in [0.717, 1.165) is 8.45 Å². The van der Waals surface area contributed by atoms with Crippen LogP contribution in [0, 0.1) is 3.57 Å². The molecule has 1 aliphatic heterocycles.